The van der Waals surface area contributed by atoms with Gasteiger partial charge in [-0.05, 0) is 36.8 Å². The first-order valence-corrected chi connectivity index (χ1v) is 9.28. The zero-order chi connectivity index (χ0) is 19.7. The smallest absolute Gasteiger partial charge is 0.310 e. The summed E-state index contributed by atoms with van der Waals surface area (Å²) in [6, 6.07) is 9.90. The van der Waals surface area contributed by atoms with E-state index in [1.807, 2.05) is 25.1 Å². The van der Waals surface area contributed by atoms with Crippen LogP contribution >= 0.6 is 11.3 Å². The van der Waals surface area contributed by atoms with E-state index in [-0.39, 0.29) is 12.2 Å². The number of carbonyl (C=O) groups is 2. The summed E-state index contributed by atoms with van der Waals surface area (Å²) in [5.74, 6) is -1.42. The van der Waals surface area contributed by atoms with Gasteiger partial charge in [-0.25, -0.2) is 9.37 Å². The van der Waals surface area contributed by atoms with Gasteiger partial charge in [0.15, 0.2) is 11.7 Å². The number of aryl methyl sites for hydroxylation is 1. The maximum absolute atomic E-state index is 13.2. The monoisotopic (exact) mass is 398 g/mol. The number of furan rings is 1. The summed E-state index contributed by atoms with van der Waals surface area (Å²) in [6.45, 7) is 1.52. The van der Waals surface area contributed by atoms with Gasteiger partial charge in [-0.1, -0.05) is 23.5 Å². The maximum Gasteiger partial charge on any atom is 0.310 e. The first-order chi connectivity index (χ1) is 13.5. The molecular weight excluding hydrogens is 383 g/mol. The largest absolute Gasteiger partial charge is 0.464 e. The van der Waals surface area contributed by atoms with Gasteiger partial charge in [-0.15, -0.1) is 0 Å². The van der Waals surface area contributed by atoms with Gasteiger partial charge in [0.05, 0.1) is 22.9 Å². The van der Waals surface area contributed by atoms with Gasteiger partial charge in [0.1, 0.15) is 11.4 Å². The second-order valence-electron chi connectivity index (χ2n) is 6.28. The molecule has 0 saturated carbocycles. The Morgan fingerprint density at radius 2 is 2.11 bits per heavy atom. The van der Waals surface area contributed by atoms with E-state index in [2.05, 4.69) is 10.3 Å². The number of aromatic nitrogens is 1. The lowest BCUT2D eigenvalue weighted by Crippen LogP contribution is -2.21. The Morgan fingerprint density at radius 3 is 2.96 bits per heavy atom. The Balaban J connectivity index is 1.34. The Morgan fingerprint density at radius 1 is 1.25 bits per heavy atom. The molecule has 142 valence electrons. The number of rotatable bonds is 5. The number of hydrogen-bond acceptors (Lipinski definition) is 6. The number of nitrogens with one attached hydrogen (secondary N) is 1. The third-order valence-corrected chi connectivity index (χ3v) is 5.04. The van der Waals surface area contributed by atoms with Crippen LogP contribution in [0, 0.1) is 12.7 Å². The van der Waals surface area contributed by atoms with Crippen molar-refractivity contribution in [3.05, 3.63) is 59.6 Å². The third-order valence-electron chi connectivity index (χ3n) is 4.11. The van der Waals surface area contributed by atoms with Gasteiger partial charge in [0, 0.05) is 10.9 Å². The Kier molecular flexibility index (Phi) is 4.79. The average Bonchev–Trinajstić information content (AvgIpc) is 3.22. The number of amides is 1. The van der Waals surface area contributed by atoms with E-state index in [1.165, 1.54) is 24.5 Å². The minimum Gasteiger partial charge on any atom is -0.464 e. The van der Waals surface area contributed by atoms with E-state index >= 15 is 0 Å². The van der Waals surface area contributed by atoms with Gasteiger partial charge in [-0.3, -0.25) is 14.9 Å². The van der Waals surface area contributed by atoms with Crippen molar-refractivity contribution in [2.75, 3.05) is 11.9 Å². The van der Waals surface area contributed by atoms with Crippen molar-refractivity contribution in [1.29, 1.82) is 0 Å². The fourth-order valence-corrected chi connectivity index (χ4v) is 3.69. The quantitative estimate of drug-likeness (QED) is 0.509. The number of nitrogens with zero attached hydrogens (tertiary/aromatic N) is 1. The van der Waals surface area contributed by atoms with Crippen LogP contribution in [0.5, 0.6) is 0 Å². The third kappa shape index (κ3) is 3.86. The predicted molar refractivity (Wildman–Crippen MR) is 104 cm³/mol. The first kappa shape index (κ1) is 18.1. The van der Waals surface area contributed by atoms with Gasteiger partial charge in [0.2, 0.25) is 0 Å². The Hall–Kier alpha value is -3.26. The highest BCUT2D eigenvalue weighted by atomic mass is 32.1. The van der Waals surface area contributed by atoms with Crippen LogP contribution in [0.25, 0.3) is 21.2 Å². The molecular formula is C20H15FN2O4S. The van der Waals surface area contributed by atoms with E-state index in [4.69, 9.17) is 9.15 Å². The van der Waals surface area contributed by atoms with Crippen molar-refractivity contribution in [3.8, 4) is 0 Å². The summed E-state index contributed by atoms with van der Waals surface area (Å²) < 4.78 is 24.3. The number of esters is 1. The molecule has 4 rings (SSSR count). The molecule has 1 N–H and O–H groups in total. The predicted octanol–water partition coefficient (Wildman–Crippen LogP) is 4.21. The van der Waals surface area contributed by atoms with Crippen molar-refractivity contribution in [2.24, 2.45) is 0 Å². The van der Waals surface area contributed by atoms with E-state index in [0.29, 0.717) is 26.5 Å². The molecule has 0 radical (unpaired) electrons. The fraction of sp³-hybridized carbons (Fsp3) is 0.150. The molecule has 0 atom stereocenters. The summed E-state index contributed by atoms with van der Waals surface area (Å²) in [5.41, 5.74) is 3.05. The van der Waals surface area contributed by atoms with Crippen LogP contribution in [0.1, 0.15) is 11.1 Å². The lowest BCUT2D eigenvalue weighted by Gasteiger charge is -2.04. The molecule has 0 aliphatic rings. The molecule has 2 aromatic heterocycles. The molecule has 0 unspecified atom stereocenters. The summed E-state index contributed by atoms with van der Waals surface area (Å²) in [5, 5.41) is 3.71. The molecule has 0 aliphatic heterocycles. The van der Waals surface area contributed by atoms with Crippen LogP contribution in [0.3, 0.4) is 0 Å². The molecule has 0 bridgehead atoms. The number of benzene rings is 2. The number of fused-ring (bicyclic) bond motifs is 2. The number of thiazole rings is 1. The van der Waals surface area contributed by atoms with Crippen molar-refractivity contribution in [2.45, 2.75) is 13.3 Å². The van der Waals surface area contributed by atoms with Crippen molar-refractivity contribution >= 4 is 49.5 Å². The van der Waals surface area contributed by atoms with Gasteiger partial charge < -0.3 is 9.15 Å². The standard InChI is InChI=1S/C20H15FN2O4S/c1-11-2-4-14-12(9-26-16(14)6-11)7-19(25)27-10-18(24)23-20-22-15-5-3-13(21)8-17(15)28-20/h2-6,8-9H,7,10H2,1H3,(H,22,23,24). The Bertz CT molecular complexity index is 1200. The first-order valence-electron chi connectivity index (χ1n) is 8.46. The molecule has 4 aromatic rings. The highest BCUT2D eigenvalue weighted by Gasteiger charge is 2.14. The van der Waals surface area contributed by atoms with E-state index < -0.39 is 18.5 Å². The molecule has 0 saturated heterocycles. The summed E-state index contributed by atoms with van der Waals surface area (Å²) in [7, 11) is 0. The normalized spacial score (nSPS) is 11.1. The van der Waals surface area contributed by atoms with Crippen molar-refractivity contribution in [1.82, 2.24) is 4.98 Å². The summed E-state index contributed by atoms with van der Waals surface area (Å²) in [4.78, 5) is 28.2. The molecule has 2 heterocycles. The zero-order valence-electron chi connectivity index (χ0n) is 14.8. The molecule has 1 amide bonds. The minimum atomic E-state index is -0.537. The maximum atomic E-state index is 13.2. The number of hydrogen-bond donors (Lipinski definition) is 1. The zero-order valence-corrected chi connectivity index (χ0v) is 15.6. The molecule has 6 nitrogen and oxygen atoms in total. The van der Waals surface area contributed by atoms with Gasteiger partial charge >= 0.3 is 5.97 Å². The molecule has 0 spiro atoms. The summed E-state index contributed by atoms with van der Waals surface area (Å²) in [6.07, 6.45) is 1.52. The van der Waals surface area contributed by atoms with Crippen LogP contribution in [0.15, 0.2) is 47.1 Å². The molecule has 0 aliphatic carbocycles. The van der Waals surface area contributed by atoms with Gasteiger partial charge in [0.25, 0.3) is 5.91 Å². The van der Waals surface area contributed by atoms with Crippen LogP contribution in [-0.4, -0.2) is 23.5 Å². The molecule has 2 aromatic carbocycles. The van der Waals surface area contributed by atoms with Crippen LogP contribution in [0.2, 0.25) is 0 Å². The van der Waals surface area contributed by atoms with E-state index in [0.717, 1.165) is 22.3 Å². The highest BCUT2D eigenvalue weighted by molar-refractivity contribution is 7.22. The van der Waals surface area contributed by atoms with Crippen LogP contribution in [0.4, 0.5) is 9.52 Å². The number of anilines is 1. The number of halogens is 1. The second-order valence-corrected chi connectivity index (χ2v) is 7.31. The van der Waals surface area contributed by atoms with Crippen LogP contribution in [-0.2, 0) is 20.7 Å². The number of carbonyl (C=O) groups excluding carboxylic acids is 2. The lowest BCUT2D eigenvalue weighted by molar-refractivity contribution is -0.146. The van der Waals surface area contributed by atoms with E-state index in [9.17, 15) is 14.0 Å². The average molecular weight is 398 g/mol. The lowest BCUT2D eigenvalue weighted by atomic mass is 10.1. The summed E-state index contributed by atoms with van der Waals surface area (Å²) >= 11 is 1.14. The fourth-order valence-electron chi connectivity index (χ4n) is 2.79. The molecule has 28 heavy (non-hydrogen) atoms. The van der Waals surface area contributed by atoms with E-state index in [1.54, 1.807) is 0 Å². The SMILES string of the molecule is Cc1ccc2c(CC(=O)OCC(=O)Nc3nc4ccc(F)cc4s3)coc2c1. The highest BCUT2D eigenvalue weighted by Crippen LogP contribution is 2.26. The van der Waals surface area contributed by atoms with Crippen molar-refractivity contribution < 1.29 is 23.1 Å². The van der Waals surface area contributed by atoms with Gasteiger partial charge in [-0.2, -0.15) is 0 Å². The topological polar surface area (TPSA) is 81.4 Å². The molecule has 8 heteroatoms. The van der Waals surface area contributed by atoms with Crippen LogP contribution < -0.4 is 5.32 Å². The second kappa shape index (κ2) is 7.40. The Labute approximate surface area is 162 Å². The molecule has 0 fully saturated rings. The number of ether oxygens (including phenoxy) is 1. The van der Waals surface area contributed by atoms with Crippen molar-refractivity contribution in [3.63, 3.8) is 0 Å². The minimum absolute atomic E-state index is 0.00373.